The molecule has 1 amide bonds. The SMILES string of the molecule is Cc1cnccc1CNC(=O)CCC1CCCCN1. The smallest absolute Gasteiger partial charge is 0.220 e. The number of pyridine rings is 1. The number of nitrogens with one attached hydrogen (secondary N) is 2. The van der Waals surface area contributed by atoms with Gasteiger partial charge in [0.05, 0.1) is 0 Å². The van der Waals surface area contributed by atoms with E-state index in [1.165, 1.54) is 19.3 Å². The maximum absolute atomic E-state index is 11.8. The third kappa shape index (κ3) is 4.63. The van der Waals surface area contributed by atoms with E-state index in [2.05, 4.69) is 15.6 Å². The lowest BCUT2D eigenvalue weighted by molar-refractivity contribution is -0.121. The van der Waals surface area contributed by atoms with Gasteiger partial charge in [-0.25, -0.2) is 0 Å². The largest absolute Gasteiger partial charge is 0.352 e. The Balaban J connectivity index is 1.68. The zero-order chi connectivity index (χ0) is 13.5. The number of carbonyl (C=O) groups is 1. The van der Waals surface area contributed by atoms with Gasteiger partial charge in [0.15, 0.2) is 0 Å². The summed E-state index contributed by atoms with van der Waals surface area (Å²) in [6, 6.07) is 2.49. The first-order valence-corrected chi connectivity index (χ1v) is 7.15. The highest BCUT2D eigenvalue weighted by Gasteiger charge is 2.13. The van der Waals surface area contributed by atoms with Crippen LogP contribution >= 0.6 is 0 Å². The molecule has 19 heavy (non-hydrogen) atoms. The molecule has 0 aliphatic carbocycles. The Bertz CT molecular complexity index is 414. The van der Waals surface area contributed by atoms with Crippen molar-refractivity contribution in [2.45, 2.75) is 51.6 Å². The Hall–Kier alpha value is -1.42. The topological polar surface area (TPSA) is 54.0 Å². The van der Waals surface area contributed by atoms with E-state index in [4.69, 9.17) is 0 Å². The van der Waals surface area contributed by atoms with Crippen molar-refractivity contribution in [3.05, 3.63) is 29.6 Å². The van der Waals surface area contributed by atoms with E-state index < -0.39 is 0 Å². The molecule has 2 heterocycles. The summed E-state index contributed by atoms with van der Waals surface area (Å²) in [6.45, 7) is 3.72. The monoisotopic (exact) mass is 261 g/mol. The minimum Gasteiger partial charge on any atom is -0.352 e. The molecule has 1 aliphatic rings. The van der Waals surface area contributed by atoms with Crippen LogP contribution in [-0.2, 0) is 11.3 Å². The van der Waals surface area contributed by atoms with Crippen LogP contribution in [0.3, 0.4) is 0 Å². The summed E-state index contributed by atoms with van der Waals surface area (Å²) in [7, 11) is 0. The van der Waals surface area contributed by atoms with E-state index in [-0.39, 0.29) is 5.91 Å². The Kier molecular flexibility index (Phi) is 5.33. The van der Waals surface area contributed by atoms with E-state index in [0.29, 0.717) is 19.0 Å². The van der Waals surface area contributed by atoms with Crippen LogP contribution in [0.4, 0.5) is 0 Å². The molecule has 0 saturated carbocycles. The van der Waals surface area contributed by atoms with Gasteiger partial charge in [0, 0.05) is 31.4 Å². The fourth-order valence-electron chi connectivity index (χ4n) is 2.46. The molecule has 1 saturated heterocycles. The van der Waals surface area contributed by atoms with Gasteiger partial charge < -0.3 is 10.6 Å². The van der Waals surface area contributed by atoms with Gasteiger partial charge in [0.2, 0.25) is 5.91 Å². The molecule has 1 fully saturated rings. The minimum absolute atomic E-state index is 0.142. The number of hydrogen-bond donors (Lipinski definition) is 2. The second-order valence-electron chi connectivity index (χ2n) is 5.26. The lowest BCUT2D eigenvalue weighted by Gasteiger charge is -2.23. The Morgan fingerprint density at radius 2 is 2.42 bits per heavy atom. The van der Waals surface area contributed by atoms with Gasteiger partial charge in [-0.2, -0.15) is 0 Å². The second kappa shape index (κ2) is 7.24. The number of hydrogen-bond acceptors (Lipinski definition) is 3. The van der Waals surface area contributed by atoms with E-state index in [1.54, 1.807) is 6.20 Å². The number of amides is 1. The van der Waals surface area contributed by atoms with E-state index in [1.807, 2.05) is 19.2 Å². The fraction of sp³-hybridized carbons (Fsp3) is 0.600. The molecule has 0 radical (unpaired) electrons. The summed E-state index contributed by atoms with van der Waals surface area (Å²) in [5.41, 5.74) is 2.26. The van der Waals surface area contributed by atoms with Crippen LogP contribution in [0.25, 0.3) is 0 Å². The predicted molar refractivity (Wildman–Crippen MR) is 75.7 cm³/mol. The van der Waals surface area contributed by atoms with E-state index in [0.717, 1.165) is 24.1 Å². The van der Waals surface area contributed by atoms with Gasteiger partial charge in [-0.1, -0.05) is 6.42 Å². The predicted octanol–water partition coefficient (Wildman–Crippen LogP) is 1.93. The van der Waals surface area contributed by atoms with Gasteiger partial charge in [-0.05, 0) is 49.9 Å². The third-order valence-electron chi connectivity index (χ3n) is 3.74. The van der Waals surface area contributed by atoms with Crippen molar-refractivity contribution in [1.29, 1.82) is 0 Å². The number of aryl methyl sites for hydroxylation is 1. The van der Waals surface area contributed by atoms with Gasteiger partial charge in [-0.15, -0.1) is 0 Å². The number of nitrogens with zero attached hydrogens (tertiary/aromatic N) is 1. The first-order valence-electron chi connectivity index (χ1n) is 7.15. The number of aromatic nitrogens is 1. The third-order valence-corrected chi connectivity index (χ3v) is 3.74. The summed E-state index contributed by atoms with van der Waals surface area (Å²) >= 11 is 0. The van der Waals surface area contributed by atoms with E-state index in [9.17, 15) is 4.79 Å². The first-order chi connectivity index (χ1) is 9.25. The van der Waals surface area contributed by atoms with Gasteiger partial charge in [0.1, 0.15) is 0 Å². The van der Waals surface area contributed by atoms with Crippen LogP contribution in [0.5, 0.6) is 0 Å². The molecule has 4 heteroatoms. The molecule has 2 N–H and O–H groups in total. The maximum atomic E-state index is 11.8. The van der Waals surface area contributed by atoms with Crippen LogP contribution in [0.2, 0.25) is 0 Å². The van der Waals surface area contributed by atoms with Crippen molar-refractivity contribution in [3.63, 3.8) is 0 Å². The lowest BCUT2D eigenvalue weighted by Crippen LogP contribution is -2.35. The quantitative estimate of drug-likeness (QED) is 0.851. The maximum Gasteiger partial charge on any atom is 0.220 e. The fourth-order valence-corrected chi connectivity index (χ4v) is 2.46. The van der Waals surface area contributed by atoms with Gasteiger partial charge in [-0.3, -0.25) is 9.78 Å². The molecular formula is C15H23N3O. The zero-order valence-corrected chi connectivity index (χ0v) is 11.6. The average molecular weight is 261 g/mol. The minimum atomic E-state index is 0.142. The summed E-state index contributed by atoms with van der Waals surface area (Å²) in [4.78, 5) is 15.9. The van der Waals surface area contributed by atoms with Gasteiger partial charge in [0.25, 0.3) is 0 Å². The summed E-state index contributed by atoms with van der Waals surface area (Å²) in [5.74, 6) is 0.142. The second-order valence-corrected chi connectivity index (χ2v) is 5.26. The molecule has 1 aliphatic heterocycles. The Labute approximate surface area is 115 Å². The molecule has 0 aromatic carbocycles. The average Bonchev–Trinajstić information content (AvgIpc) is 2.45. The van der Waals surface area contributed by atoms with Crippen LogP contribution < -0.4 is 10.6 Å². The van der Waals surface area contributed by atoms with Crippen molar-refractivity contribution in [1.82, 2.24) is 15.6 Å². The zero-order valence-electron chi connectivity index (χ0n) is 11.6. The molecule has 104 valence electrons. The molecular weight excluding hydrogens is 238 g/mol. The lowest BCUT2D eigenvalue weighted by atomic mass is 10.0. The highest BCUT2D eigenvalue weighted by atomic mass is 16.1. The molecule has 1 aromatic rings. The Morgan fingerprint density at radius 3 is 3.16 bits per heavy atom. The van der Waals surface area contributed by atoms with Crippen LogP contribution in [0, 0.1) is 6.92 Å². The van der Waals surface area contributed by atoms with Crippen molar-refractivity contribution >= 4 is 5.91 Å². The molecule has 1 unspecified atom stereocenters. The number of piperidine rings is 1. The van der Waals surface area contributed by atoms with Crippen molar-refractivity contribution in [2.75, 3.05) is 6.54 Å². The number of rotatable bonds is 5. The van der Waals surface area contributed by atoms with Crippen LogP contribution in [0.15, 0.2) is 18.5 Å². The van der Waals surface area contributed by atoms with E-state index >= 15 is 0 Å². The number of carbonyl (C=O) groups excluding carboxylic acids is 1. The highest BCUT2D eigenvalue weighted by molar-refractivity contribution is 5.75. The normalized spacial score (nSPS) is 19.1. The van der Waals surface area contributed by atoms with Gasteiger partial charge >= 0.3 is 0 Å². The van der Waals surface area contributed by atoms with Crippen molar-refractivity contribution in [2.24, 2.45) is 0 Å². The molecule has 1 aromatic heterocycles. The summed E-state index contributed by atoms with van der Waals surface area (Å²) in [5, 5.41) is 6.45. The van der Waals surface area contributed by atoms with Crippen LogP contribution in [-0.4, -0.2) is 23.5 Å². The first kappa shape index (κ1) is 14.0. The Morgan fingerprint density at radius 1 is 1.53 bits per heavy atom. The standard InChI is InChI=1S/C15H23N3O/c1-12-10-16-9-7-13(12)11-18-15(19)6-5-14-4-2-3-8-17-14/h7,9-10,14,17H,2-6,8,11H2,1H3,(H,18,19). The van der Waals surface area contributed by atoms with Crippen molar-refractivity contribution < 1.29 is 4.79 Å². The molecule has 1 atom stereocenters. The summed E-state index contributed by atoms with van der Waals surface area (Å²) < 4.78 is 0. The molecule has 4 nitrogen and oxygen atoms in total. The summed E-state index contributed by atoms with van der Waals surface area (Å²) in [6.07, 6.45) is 8.91. The highest BCUT2D eigenvalue weighted by Crippen LogP contribution is 2.11. The van der Waals surface area contributed by atoms with Crippen LogP contribution in [0.1, 0.15) is 43.2 Å². The molecule has 2 rings (SSSR count). The molecule has 0 spiro atoms. The van der Waals surface area contributed by atoms with Crippen molar-refractivity contribution in [3.8, 4) is 0 Å². The molecule has 0 bridgehead atoms.